The number of nitrogens with two attached hydrogens (primary N) is 2. The van der Waals surface area contributed by atoms with Crippen molar-refractivity contribution < 1.29 is 4.39 Å². The predicted molar refractivity (Wildman–Crippen MR) is 69.1 cm³/mol. The summed E-state index contributed by atoms with van der Waals surface area (Å²) in [5.74, 6) is -0.380. The number of benzene rings is 1. The third-order valence-electron chi connectivity index (χ3n) is 3.41. The van der Waals surface area contributed by atoms with Crippen LogP contribution in [0.15, 0.2) is 42.0 Å². The van der Waals surface area contributed by atoms with Gasteiger partial charge in [0, 0.05) is 12.0 Å². The minimum atomic E-state index is -0.380. The Kier molecular flexibility index (Phi) is 3.03. The largest absolute Gasteiger partial charge is 0.396 e. The van der Waals surface area contributed by atoms with Gasteiger partial charge in [-0.25, -0.2) is 4.39 Å². The molecule has 1 aliphatic rings. The van der Waals surface area contributed by atoms with Crippen molar-refractivity contribution in [1.82, 2.24) is 0 Å². The Hall–Kier alpha value is -1.61. The van der Waals surface area contributed by atoms with Crippen LogP contribution in [-0.2, 0) is 5.41 Å². The Morgan fingerprint density at radius 1 is 1.41 bits per heavy atom. The zero-order valence-electron chi connectivity index (χ0n) is 9.91. The lowest BCUT2D eigenvalue weighted by Crippen LogP contribution is -2.34. The van der Waals surface area contributed by atoms with Gasteiger partial charge in [-0.15, -0.1) is 0 Å². The maximum Gasteiger partial charge on any atom is 0.146 e. The minimum Gasteiger partial charge on any atom is -0.396 e. The summed E-state index contributed by atoms with van der Waals surface area (Å²) in [4.78, 5) is 0. The first-order chi connectivity index (χ1) is 8.09. The van der Waals surface area contributed by atoms with Crippen LogP contribution >= 0.6 is 0 Å². The Balaban J connectivity index is 2.50. The van der Waals surface area contributed by atoms with Crippen LogP contribution in [0, 0.1) is 5.82 Å². The Morgan fingerprint density at radius 2 is 2.18 bits per heavy atom. The van der Waals surface area contributed by atoms with E-state index in [4.69, 9.17) is 11.5 Å². The number of rotatable bonds is 2. The molecule has 0 bridgehead atoms. The van der Waals surface area contributed by atoms with Gasteiger partial charge in [-0.3, -0.25) is 0 Å². The highest BCUT2D eigenvalue weighted by Crippen LogP contribution is 2.37. The molecule has 0 radical (unpaired) electrons. The van der Waals surface area contributed by atoms with Crippen molar-refractivity contribution in [3.05, 3.63) is 53.4 Å². The van der Waals surface area contributed by atoms with E-state index in [1.165, 1.54) is 11.6 Å². The van der Waals surface area contributed by atoms with Crippen molar-refractivity contribution in [2.24, 2.45) is 5.73 Å². The molecule has 0 amide bonds. The number of nitrogen functional groups attached to an aromatic ring is 1. The quantitative estimate of drug-likeness (QED) is 0.770. The predicted octanol–water partition coefficient (Wildman–Crippen LogP) is 2.51. The van der Waals surface area contributed by atoms with Crippen LogP contribution in [0.25, 0.3) is 0 Å². The van der Waals surface area contributed by atoms with Gasteiger partial charge in [0.15, 0.2) is 0 Å². The van der Waals surface area contributed by atoms with Crippen LogP contribution in [0.2, 0.25) is 0 Å². The van der Waals surface area contributed by atoms with Gasteiger partial charge < -0.3 is 11.5 Å². The molecule has 1 aromatic carbocycles. The smallest absolute Gasteiger partial charge is 0.146 e. The fraction of sp³-hybridized carbons (Fsp3) is 0.286. The number of hydrogen-bond acceptors (Lipinski definition) is 2. The lowest BCUT2D eigenvalue weighted by atomic mass is 9.74. The molecule has 4 N–H and O–H groups in total. The van der Waals surface area contributed by atoms with Crippen molar-refractivity contribution in [2.75, 3.05) is 12.3 Å². The zero-order valence-corrected chi connectivity index (χ0v) is 9.91. The third-order valence-corrected chi connectivity index (χ3v) is 3.41. The molecule has 0 spiro atoms. The summed E-state index contributed by atoms with van der Waals surface area (Å²) in [6.07, 6.45) is 6.92. The Bertz CT molecular complexity index is 491. The second kappa shape index (κ2) is 4.34. The molecule has 0 aromatic heterocycles. The first kappa shape index (κ1) is 11.9. The molecule has 0 saturated heterocycles. The van der Waals surface area contributed by atoms with Crippen molar-refractivity contribution in [2.45, 2.75) is 18.8 Å². The monoisotopic (exact) mass is 232 g/mol. The summed E-state index contributed by atoms with van der Waals surface area (Å²) in [6, 6.07) is 4.90. The summed E-state index contributed by atoms with van der Waals surface area (Å²) in [5.41, 5.74) is 13.5. The van der Waals surface area contributed by atoms with E-state index in [9.17, 15) is 4.39 Å². The van der Waals surface area contributed by atoms with Gasteiger partial charge in [-0.1, -0.05) is 35.9 Å². The lowest BCUT2D eigenvalue weighted by molar-refractivity contribution is 0.542. The van der Waals surface area contributed by atoms with E-state index in [0.29, 0.717) is 6.54 Å². The van der Waals surface area contributed by atoms with Crippen LogP contribution in [-0.4, -0.2) is 6.54 Å². The molecule has 0 fully saturated rings. The van der Waals surface area contributed by atoms with E-state index >= 15 is 0 Å². The van der Waals surface area contributed by atoms with Crippen LogP contribution in [0.1, 0.15) is 18.9 Å². The van der Waals surface area contributed by atoms with E-state index < -0.39 is 0 Å². The van der Waals surface area contributed by atoms with Crippen LogP contribution in [0.3, 0.4) is 0 Å². The molecule has 17 heavy (non-hydrogen) atoms. The molecule has 1 unspecified atom stereocenters. The number of para-hydroxylation sites is 1. The number of hydrogen-bond donors (Lipinski definition) is 2. The van der Waals surface area contributed by atoms with E-state index in [2.05, 4.69) is 6.08 Å². The summed E-state index contributed by atoms with van der Waals surface area (Å²) in [5, 5.41) is 0. The van der Waals surface area contributed by atoms with Gasteiger partial charge in [0.05, 0.1) is 5.69 Å². The fourth-order valence-electron chi connectivity index (χ4n) is 2.20. The summed E-state index contributed by atoms with van der Waals surface area (Å²) in [6.45, 7) is 2.45. The minimum absolute atomic E-state index is 0.204. The van der Waals surface area contributed by atoms with E-state index in [0.717, 1.165) is 12.0 Å². The average molecular weight is 232 g/mol. The molecule has 90 valence electrons. The normalized spacial score (nSPS) is 23.6. The highest BCUT2D eigenvalue weighted by molar-refractivity contribution is 5.55. The van der Waals surface area contributed by atoms with Crippen LogP contribution < -0.4 is 11.5 Å². The molecule has 1 atom stereocenters. The van der Waals surface area contributed by atoms with Crippen LogP contribution in [0.4, 0.5) is 10.1 Å². The van der Waals surface area contributed by atoms with Crippen molar-refractivity contribution in [3.8, 4) is 0 Å². The lowest BCUT2D eigenvalue weighted by Gasteiger charge is -2.32. The van der Waals surface area contributed by atoms with Gasteiger partial charge in [0.2, 0.25) is 0 Å². The highest BCUT2D eigenvalue weighted by Gasteiger charge is 2.31. The molecule has 0 aliphatic heterocycles. The Morgan fingerprint density at radius 3 is 2.76 bits per heavy atom. The molecular weight excluding hydrogens is 215 g/mol. The maximum absolute atomic E-state index is 13.5. The highest BCUT2D eigenvalue weighted by atomic mass is 19.1. The van der Waals surface area contributed by atoms with Gasteiger partial charge in [-0.05, 0) is 25.0 Å². The molecule has 2 rings (SSSR count). The average Bonchev–Trinajstić information content (AvgIpc) is 2.35. The van der Waals surface area contributed by atoms with E-state index in [1.807, 2.05) is 25.1 Å². The van der Waals surface area contributed by atoms with Gasteiger partial charge in [0.1, 0.15) is 5.82 Å². The third kappa shape index (κ3) is 1.98. The first-order valence-corrected chi connectivity index (χ1v) is 5.69. The topological polar surface area (TPSA) is 52.0 Å². The zero-order chi connectivity index (χ0) is 12.5. The first-order valence-electron chi connectivity index (χ1n) is 5.69. The fourth-order valence-corrected chi connectivity index (χ4v) is 2.20. The maximum atomic E-state index is 13.5. The van der Waals surface area contributed by atoms with Crippen LogP contribution in [0.5, 0.6) is 0 Å². The standard InChI is InChI=1S/C14H17FN2/c1-10-5-7-14(9-16,8-6-10)11-3-2-4-12(15)13(11)17/h2-7H,8-9,16-17H2,1H3. The molecule has 1 aromatic rings. The second-order valence-electron chi connectivity index (χ2n) is 4.55. The number of halogens is 1. The summed E-state index contributed by atoms with van der Waals surface area (Å²) < 4.78 is 13.5. The van der Waals surface area contributed by atoms with Gasteiger partial charge in [0.25, 0.3) is 0 Å². The van der Waals surface area contributed by atoms with Crippen molar-refractivity contribution >= 4 is 5.69 Å². The molecular formula is C14H17FN2. The molecule has 2 nitrogen and oxygen atoms in total. The van der Waals surface area contributed by atoms with Crippen molar-refractivity contribution in [3.63, 3.8) is 0 Å². The molecule has 3 heteroatoms. The van der Waals surface area contributed by atoms with Gasteiger partial charge >= 0.3 is 0 Å². The van der Waals surface area contributed by atoms with Crippen molar-refractivity contribution in [1.29, 1.82) is 0 Å². The second-order valence-corrected chi connectivity index (χ2v) is 4.55. The molecule has 1 aliphatic carbocycles. The summed E-state index contributed by atoms with van der Waals surface area (Å²) in [7, 11) is 0. The number of anilines is 1. The summed E-state index contributed by atoms with van der Waals surface area (Å²) >= 11 is 0. The van der Waals surface area contributed by atoms with E-state index in [-0.39, 0.29) is 16.9 Å². The SMILES string of the molecule is CC1=CCC(CN)(c2cccc(F)c2N)C=C1. The molecule has 0 saturated carbocycles. The van der Waals surface area contributed by atoms with E-state index in [1.54, 1.807) is 6.07 Å². The number of allylic oxidation sites excluding steroid dienone is 3. The molecule has 0 heterocycles. The Labute approximate surface area is 101 Å². The van der Waals surface area contributed by atoms with Gasteiger partial charge in [-0.2, -0.15) is 0 Å².